The van der Waals surface area contributed by atoms with E-state index in [-0.39, 0.29) is 12.4 Å². The van der Waals surface area contributed by atoms with Crippen LogP contribution in [0.4, 0.5) is 0 Å². The summed E-state index contributed by atoms with van der Waals surface area (Å²) in [6, 6.07) is 7.11. The molecule has 17 heavy (non-hydrogen) atoms. The predicted molar refractivity (Wildman–Crippen MR) is 60.9 cm³/mol. The molecule has 0 saturated carbocycles. The van der Waals surface area contributed by atoms with Crippen molar-refractivity contribution in [2.24, 2.45) is 0 Å². The fourth-order valence-electron chi connectivity index (χ4n) is 1.89. The quantitative estimate of drug-likeness (QED) is 0.648. The Morgan fingerprint density at radius 1 is 1.47 bits per heavy atom. The fraction of sp³-hybridized carbons (Fsp3) is 0.308. The Balaban J connectivity index is 2.10. The van der Waals surface area contributed by atoms with Gasteiger partial charge in [-0.1, -0.05) is 0 Å². The standard InChI is InChI=1S/C13H12O4/c1-8(15)9-2-3-11-10(4-9)5-12(17-11)13(6-14)7-16-13/h2-5,14H,6-7H2,1H3. The van der Waals surface area contributed by atoms with E-state index < -0.39 is 5.60 Å². The summed E-state index contributed by atoms with van der Waals surface area (Å²) in [4.78, 5) is 11.3. The number of furan rings is 1. The maximum absolute atomic E-state index is 11.3. The van der Waals surface area contributed by atoms with Crippen LogP contribution in [0.15, 0.2) is 28.7 Å². The van der Waals surface area contributed by atoms with Crippen LogP contribution in [0.1, 0.15) is 23.0 Å². The minimum absolute atomic E-state index is 0.0224. The molecule has 1 fully saturated rings. The zero-order chi connectivity index (χ0) is 12.0. The van der Waals surface area contributed by atoms with Crippen molar-refractivity contribution in [2.75, 3.05) is 13.2 Å². The number of hydrogen-bond acceptors (Lipinski definition) is 4. The van der Waals surface area contributed by atoms with Crippen LogP contribution in [-0.2, 0) is 10.3 Å². The molecule has 1 atom stereocenters. The summed E-state index contributed by atoms with van der Waals surface area (Å²) < 4.78 is 10.9. The van der Waals surface area contributed by atoms with E-state index in [1.807, 2.05) is 6.07 Å². The number of benzene rings is 1. The molecule has 1 unspecified atom stereocenters. The Morgan fingerprint density at radius 3 is 2.82 bits per heavy atom. The maximum Gasteiger partial charge on any atom is 0.172 e. The van der Waals surface area contributed by atoms with Gasteiger partial charge in [0.1, 0.15) is 11.3 Å². The summed E-state index contributed by atoms with van der Waals surface area (Å²) in [5.41, 5.74) is 0.697. The Bertz CT molecular complexity index is 592. The Hall–Kier alpha value is -1.65. The van der Waals surface area contributed by atoms with Gasteiger partial charge in [0, 0.05) is 10.9 Å². The monoisotopic (exact) mass is 232 g/mol. The second-order valence-corrected chi connectivity index (χ2v) is 4.36. The molecule has 0 aliphatic carbocycles. The summed E-state index contributed by atoms with van der Waals surface area (Å²) in [6.45, 7) is 1.91. The molecule has 2 aromatic rings. The number of carbonyl (C=O) groups excluding carboxylic acids is 1. The molecule has 1 aromatic heterocycles. The smallest absolute Gasteiger partial charge is 0.172 e. The molecular formula is C13H12O4. The van der Waals surface area contributed by atoms with Crippen LogP contribution in [0.3, 0.4) is 0 Å². The molecule has 1 N–H and O–H groups in total. The van der Waals surface area contributed by atoms with Crippen LogP contribution < -0.4 is 0 Å². The van der Waals surface area contributed by atoms with Crippen molar-refractivity contribution in [3.8, 4) is 0 Å². The van der Waals surface area contributed by atoms with Crippen molar-refractivity contribution in [3.05, 3.63) is 35.6 Å². The summed E-state index contributed by atoms with van der Waals surface area (Å²) in [5, 5.41) is 10.1. The molecule has 2 heterocycles. The van der Waals surface area contributed by atoms with Gasteiger partial charge in [-0.2, -0.15) is 0 Å². The second kappa shape index (κ2) is 3.42. The molecule has 0 radical (unpaired) electrons. The van der Waals surface area contributed by atoms with Gasteiger partial charge in [0.2, 0.25) is 0 Å². The number of epoxide rings is 1. The van der Waals surface area contributed by atoms with E-state index in [9.17, 15) is 9.90 Å². The van der Waals surface area contributed by atoms with Gasteiger partial charge < -0.3 is 14.3 Å². The molecule has 4 heteroatoms. The van der Waals surface area contributed by atoms with E-state index in [1.54, 1.807) is 18.2 Å². The fourth-order valence-corrected chi connectivity index (χ4v) is 1.89. The Labute approximate surface area is 97.8 Å². The van der Waals surface area contributed by atoms with E-state index in [4.69, 9.17) is 9.15 Å². The van der Waals surface area contributed by atoms with E-state index >= 15 is 0 Å². The molecule has 1 aromatic carbocycles. The minimum atomic E-state index is -0.657. The topological polar surface area (TPSA) is 63.0 Å². The van der Waals surface area contributed by atoms with Crippen molar-refractivity contribution in [2.45, 2.75) is 12.5 Å². The van der Waals surface area contributed by atoms with Crippen molar-refractivity contribution < 1.29 is 19.1 Å². The molecule has 1 aliphatic rings. The van der Waals surface area contributed by atoms with Gasteiger partial charge in [0.15, 0.2) is 11.4 Å². The lowest BCUT2D eigenvalue weighted by molar-refractivity contribution is 0.101. The summed E-state index contributed by atoms with van der Waals surface area (Å²) >= 11 is 0. The third kappa shape index (κ3) is 1.57. The van der Waals surface area contributed by atoms with Crippen molar-refractivity contribution >= 4 is 16.8 Å². The molecule has 1 aliphatic heterocycles. The zero-order valence-electron chi connectivity index (χ0n) is 9.40. The highest BCUT2D eigenvalue weighted by molar-refractivity contribution is 5.97. The third-order valence-electron chi connectivity index (χ3n) is 3.12. The van der Waals surface area contributed by atoms with Crippen molar-refractivity contribution in [3.63, 3.8) is 0 Å². The molecule has 88 valence electrons. The zero-order valence-corrected chi connectivity index (χ0v) is 9.40. The Kier molecular flexibility index (Phi) is 2.11. The van der Waals surface area contributed by atoms with E-state index in [1.165, 1.54) is 6.92 Å². The van der Waals surface area contributed by atoms with Gasteiger partial charge >= 0.3 is 0 Å². The SMILES string of the molecule is CC(=O)c1ccc2oc(C3(CO)CO3)cc2c1. The number of Topliss-reactive ketones (excluding diaryl/α,β-unsaturated/α-hetero) is 1. The molecule has 3 rings (SSSR count). The van der Waals surface area contributed by atoms with Gasteiger partial charge in [-0.25, -0.2) is 0 Å². The number of aliphatic hydroxyl groups is 1. The number of fused-ring (bicyclic) bond motifs is 1. The lowest BCUT2D eigenvalue weighted by Crippen LogP contribution is -2.12. The van der Waals surface area contributed by atoms with Crippen molar-refractivity contribution in [1.29, 1.82) is 0 Å². The van der Waals surface area contributed by atoms with Gasteiger partial charge in [-0.15, -0.1) is 0 Å². The number of carbonyl (C=O) groups is 1. The minimum Gasteiger partial charge on any atom is -0.458 e. The Morgan fingerprint density at radius 2 is 2.24 bits per heavy atom. The van der Waals surface area contributed by atoms with Crippen LogP contribution in [-0.4, -0.2) is 24.1 Å². The molecule has 1 saturated heterocycles. The summed E-state index contributed by atoms with van der Waals surface area (Å²) in [5.74, 6) is 0.643. The number of ketones is 1. The normalized spacial score (nSPS) is 22.9. The number of ether oxygens (including phenoxy) is 1. The van der Waals surface area contributed by atoms with Gasteiger partial charge in [0.25, 0.3) is 0 Å². The van der Waals surface area contributed by atoms with Crippen LogP contribution in [0.5, 0.6) is 0 Å². The largest absolute Gasteiger partial charge is 0.458 e. The second-order valence-electron chi connectivity index (χ2n) is 4.36. The van der Waals surface area contributed by atoms with E-state index in [0.717, 1.165) is 5.39 Å². The van der Waals surface area contributed by atoms with Crippen LogP contribution in [0, 0.1) is 0 Å². The highest BCUT2D eigenvalue weighted by atomic mass is 16.6. The first-order chi connectivity index (χ1) is 8.14. The summed E-state index contributed by atoms with van der Waals surface area (Å²) in [6.07, 6.45) is 0. The maximum atomic E-state index is 11.3. The number of aliphatic hydroxyl groups excluding tert-OH is 1. The average molecular weight is 232 g/mol. The third-order valence-corrected chi connectivity index (χ3v) is 3.12. The van der Waals surface area contributed by atoms with Gasteiger partial charge in [-0.3, -0.25) is 4.79 Å². The predicted octanol–water partition coefficient (Wildman–Crippen LogP) is 1.85. The highest BCUT2D eigenvalue weighted by Crippen LogP contribution is 2.40. The first-order valence-corrected chi connectivity index (χ1v) is 5.44. The number of hydrogen-bond donors (Lipinski definition) is 1. The average Bonchev–Trinajstić information content (AvgIpc) is 3.01. The molecule has 0 bridgehead atoms. The van der Waals surface area contributed by atoms with E-state index in [0.29, 0.717) is 23.5 Å². The highest BCUT2D eigenvalue weighted by Gasteiger charge is 2.49. The first kappa shape index (κ1) is 10.5. The van der Waals surface area contributed by atoms with Crippen LogP contribution in [0.2, 0.25) is 0 Å². The van der Waals surface area contributed by atoms with Crippen LogP contribution >= 0.6 is 0 Å². The molecule has 4 nitrogen and oxygen atoms in total. The lowest BCUT2D eigenvalue weighted by atomic mass is 10.1. The molecule has 0 spiro atoms. The van der Waals surface area contributed by atoms with Gasteiger partial charge in [-0.05, 0) is 31.2 Å². The molecular weight excluding hydrogens is 220 g/mol. The first-order valence-electron chi connectivity index (χ1n) is 5.44. The van der Waals surface area contributed by atoms with E-state index in [2.05, 4.69) is 0 Å². The molecule has 0 amide bonds. The number of rotatable bonds is 3. The summed E-state index contributed by atoms with van der Waals surface area (Å²) in [7, 11) is 0. The van der Waals surface area contributed by atoms with Gasteiger partial charge in [0.05, 0.1) is 13.2 Å². The van der Waals surface area contributed by atoms with Crippen LogP contribution in [0.25, 0.3) is 11.0 Å². The lowest BCUT2D eigenvalue weighted by Gasteiger charge is -2.01. The van der Waals surface area contributed by atoms with Crippen molar-refractivity contribution in [1.82, 2.24) is 0 Å².